The number of nitrogens with zero attached hydrogens (tertiary/aromatic N) is 1. The lowest BCUT2D eigenvalue weighted by atomic mass is 10.0. The molecule has 0 aliphatic carbocycles. The highest BCUT2D eigenvalue weighted by Gasteiger charge is 2.09. The molecule has 3 nitrogen and oxygen atoms in total. The molecule has 92 valence electrons. The average Bonchev–Trinajstić information content (AvgIpc) is 2.41. The van der Waals surface area contributed by atoms with E-state index in [2.05, 4.69) is 26.2 Å². The Morgan fingerprint density at radius 3 is 2.72 bits per heavy atom. The van der Waals surface area contributed by atoms with E-state index in [-0.39, 0.29) is 5.91 Å². The van der Waals surface area contributed by atoms with Crippen LogP contribution in [0.3, 0.4) is 0 Å². The number of aryl methyl sites for hydroxylation is 1. The van der Waals surface area contributed by atoms with Crippen LogP contribution in [0.25, 0.3) is 0 Å². The van der Waals surface area contributed by atoms with E-state index < -0.39 is 0 Å². The van der Waals surface area contributed by atoms with Crippen LogP contribution in [0.4, 0.5) is 5.69 Å². The van der Waals surface area contributed by atoms with Crippen LogP contribution < -0.4 is 5.32 Å². The van der Waals surface area contributed by atoms with E-state index in [1.807, 2.05) is 37.3 Å². The number of carbonyl (C=O) groups excluding carboxylic acids is 1. The summed E-state index contributed by atoms with van der Waals surface area (Å²) < 4.78 is 0.745. The zero-order valence-corrected chi connectivity index (χ0v) is 11.6. The maximum Gasteiger partial charge on any atom is 0.255 e. The fraction of sp³-hybridized carbons (Fsp3) is 0.143. The van der Waals surface area contributed by atoms with E-state index in [1.165, 1.54) is 0 Å². The van der Waals surface area contributed by atoms with Crippen LogP contribution in [0, 0.1) is 0 Å². The van der Waals surface area contributed by atoms with Crippen molar-refractivity contribution in [1.29, 1.82) is 0 Å². The molecule has 0 aliphatic heterocycles. The number of aromatic nitrogens is 1. The Morgan fingerprint density at radius 2 is 2.06 bits per heavy atom. The summed E-state index contributed by atoms with van der Waals surface area (Å²) in [4.78, 5) is 16.2. The maximum atomic E-state index is 12.1. The highest BCUT2D eigenvalue weighted by Crippen LogP contribution is 2.14. The van der Waals surface area contributed by atoms with E-state index in [0.717, 1.165) is 16.6 Å². The Balaban J connectivity index is 2.19. The van der Waals surface area contributed by atoms with Gasteiger partial charge in [-0.05, 0) is 46.1 Å². The summed E-state index contributed by atoms with van der Waals surface area (Å²) in [5.41, 5.74) is 2.44. The summed E-state index contributed by atoms with van der Waals surface area (Å²) in [5, 5.41) is 2.84. The van der Waals surface area contributed by atoms with Crippen molar-refractivity contribution in [1.82, 2.24) is 4.98 Å². The summed E-state index contributed by atoms with van der Waals surface area (Å²) >= 11 is 3.26. The number of carbonyl (C=O) groups is 1. The minimum atomic E-state index is -0.100. The van der Waals surface area contributed by atoms with Crippen molar-refractivity contribution in [3.63, 3.8) is 0 Å². The SMILES string of the molecule is CCc1ccccc1C(=O)Nc1ccc(Br)nc1. The third-order valence-corrected chi connectivity index (χ3v) is 3.10. The summed E-state index contributed by atoms with van der Waals surface area (Å²) in [5.74, 6) is -0.100. The van der Waals surface area contributed by atoms with Crippen molar-refractivity contribution in [2.75, 3.05) is 5.32 Å². The number of halogens is 1. The maximum absolute atomic E-state index is 12.1. The van der Waals surface area contributed by atoms with Crippen molar-refractivity contribution >= 4 is 27.5 Å². The van der Waals surface area contributed by atoms with Crippen LogP contribution in [-0.2, 0) is 6.42 Å². The summed E-state index contributed by atoms with van der Waals surface area (Å²) in [6, 6.07) is 11.2. The molecule has 1 heterocycles. The molecule has 1 amide bonds. The third kappa shape index (κ3) is 2.96. The van der Waals surface area contributed by atoms with E-state index in [4.69, 9.17) is 0 Å². The van der Waals surface area contributed by atoms with Gasteiger partial charge in [-0.3, -0.25) is 4.79 Å². The standard InChI is InChI=1S/C14H13BrN2O/c1-2-10-5-3-4-6-12(10)14(18)17-11-7-8-13(15)16-9-11/h3-9H,2H2,1H3,(H,17,18). The third-order valence-electron chi connectivity index (χ3n) is 2.63. The second-order valence-electron chi connectivity index (χ2n) is 3.83. The molecule has 0 bridgehead atoms. The van der Waals surface area contributed by atoms with E-state index in [0.29, 0.717) is 11.3 Å². The lowest BCUT2D eigenvalue weighted by Gasteiger charge is -2.08. The Morgan fingerprint density at radius 1 is 1.28 bits per heavy atom. The lowest BCUT2D eigenvalue weighted by Crippen LogP contribution is -2.14. The van der Waals surface area contributed by atoms with Gasteiger partial charge in [0, 0.05) is 5.56 Å². The van der Waals surface area contributed by atoms with Gasteiger partial charge in [0.05, 0.1) is 11.9 Å². The van der Waals surface area contributed by atoms with Crippen molar-refractivity contribution in [2.45, 2.75) is 13.3 Å². The largest absolute Gasteiger partial charge is 0.321 e. The predicted octanol–water partition coefficient (Wildman–Crippen LogP) is 3.66. The molecule has 4 heteroatoms. The highest BCUT2D eigenvalue weighted by atomic mass is 79.9. The summed E-state index contributed by atoms with van der Waals surface area (Å²) in [6.45, 7) is 2.04. The van der Waals surface area contributed by atoms with Crippen molar-refractivity contribution in [3.8, 4) is 0 Å². The molecular formula is C14H13BrN2O. The normalized spacial score (nSPS) is 10.1. The molecule has 0 saturated heterocycles. The fourth-order valence-corrected chi connectivity index (χ4v) is 1.93. The Hall–Kier alpha value is -1.68. The van der Waals surface area contributed by atoms with Crippen LogP contribution >= 0.6 is 15.9 Å². The molecular weight excluding hydrogens is 292 g/mol. The number of hydrogen-bond acceptors (Lipinski definition) is 2. The molecule has 18 heavy (non-hydrogen) atoms. The molecule has 1 N–H and O–H groups in total. The smallest absolute Gasteiger partial charge is 0.255 e. The first-order valence-electron chi connectivity index (χ1n) is 5.71. The topological polar surface area (TPSA) is 42.0 Å². The van der Waals surface area contributed by atoms with Crippen LogP contribution in [-0.4, -0.2) is 10.9 Å². The van der Waals surface area contributed by atoms with Crippen LogP contribution in [0.2, 0.25) is 0 Å². The molecule has 0 atom stereocenters. The monoisotopic (exact) mass is 304 g/mol. The zero-order chi connectivity index (χ0) is 13.0. The number of amides is 1. The second kappa shape index (κ2) is 5.78. The molecule has 0 unspecified atom stereocenters. The first kappa shape index (κ1) is 12.8. The number of hydrogen-bond donors (Lipinski definition) is 1. The Bertz CT molecular complexity index is 552. The summed E-state index contributed by atoms with van der Waals surface area (Å²) in [6.07, 6.45) is 2.46. The second-order valence-corrected chi connectivity index (χ2v) is 4.65. The minimum absolute atomic E-state index is 0.100. The molecule has 0 radical (unpaired) electrons. The van der Waals surface area contributed by atoms with Gasteiger partial charge < -0.3 is 5.32 Å². The van der Waals surface area contributed by atoms with Crippen LogP contribution in [0.15, 0.2) is 47.2 Å². The summed E-state index contributed by atoms with van der Waals surface area (Å²) in [7, 11) is 0. The Labute approximate surface area is 114 Å². The van der Waals surface area contributed by atoms with Gasteiger partial charge in [0.25, 0.3) is 5.91 Å². The first-order valence-corrected chi connectivity index (χ1v) is 6.51. The van der Waals surface area contributed by atoms with Gasteiger partial charge >= 0.3 is 0 Å². The van der Waals surface area contributed by atoms with E-state index in [9.17, 15) is 4.79 Å². The van der Waals surface area contributed by atoms with Crippen molar-refractivity contribution in [3.05, 3.63) is 58.3 Å². The van der Waals surface area contributed by atoms with E-state index >= 15 is 0 Å². The van der Waals surface area contributed by atoms with Gasteiger partial charge in [-0.2, -0.15) is 0 Å². The molecule has 2 aromatic rings. The fourth-order valence-electron chi connectivity index (χ4n) is 1.70. The number of rotatable bonds is 3. The molecule has 2 rings (SSSR count). The quantitative estimate of drug-likeness (QED) is 0.879. The highest BCUT2D eigenvalue weighted by molar-refractivity contribution is 9.10. The van der Waals surface area contributed by atoms with Crippen molar-refractivity contribution in [2.24, 2.45) is 0 Å². The molecule has 1 aromatic heterocycles. The van der Waals surface area contributed by atoms with Gasteiger partial charge in [-0.1, -0.05) is 25.1 Å². The van der Waals surface area contributed by atoms with Crippen molar-refractivity contribution < 1.29 is 4.79 Å². The number of nitrogens with one attached hydrogen (secondary N) is 1. The molecule has 0 saturated carbocycles. The number of anilines is 1. The Kier molecular flexibility index (Phi) is 4.10. The zero-order valence-electron chi connectivity index (χ0n) is 9.98. The molecule has 0 aliphatic rings. The van der Waals surface area contributed by atoms with Crippen LogP contribution in [0.5, 0.6) is 0 Å². The molecule has 0 spiro atoms. The van der Waals surface area contributed by atoms with Gasteiger partial charge in [0.1, 0.15) is 4.60 Å². The van der Waals surface area contributed by atoms with Gasteiger partial charge in [0.15, 0.2) is 0 Å². The van der Waals surface area contributed by atoms with Gasteiger partial charge in [-0.25, -0.2) is 4.98 Å². The van der Waals surface area contributed by atoms with Crippen LogP contribution in [0.1, 0.15) is 22.8 Å². The molecule has 1 aromatic carbocycles. The number of benzene rings is 1. The lowest BCUT2D eigenvalue weighted by molar-refractivity contribution is 0.102. The number of pyridine rings is 1. The predicted molar refractivity (Wildman–Crippen MR) is 75.7 cm³/mol. The van der Waals surface area contributed by atoms with Gasteiger partial charge in [-0.15, -0.1) is 0 Å². The van der Waals surface area contributed by atoms with Gasteiger partial charge in [0.2, 0.25) is 0 Å². The average molecular weight is 305 g/mol. The minimum Gasteiger partial charge on any atom is -0.321 e. The molecule has 0 fully saturated rings. The van der Waals surface area contributed by atoms with E-state index in [1.54, 1.807) is 12.3 Å². The first-order chi connectivity index (χ1) is 8.70.